The third-order valence-electron chi connectivity index (χ3n) is 4.94. The van der Waals surface area contributed by atoms with E-state index in [9.17, 15) is 5.11 Å². The van der Waals surface area contributed by atoms with Crippen molar-refractivity contribution in [2.75, 3.05) is 13.1 Å². The summed E-state index contributed by atoms with van der Waals surface area (Å²) in [6.45, 7) is 6.85. The first-order chi connectivity index (χ1) is 7.57. The summed E-state index contributed by atoms with van der Waals surface area (Å²) in [6, 6.07) is 2.09. The monoisotopic (exact) mass is 224 g/mol. The van der Waals surface area contributed by atoms with Crippen LogP contribution in [0.25, 0.3) is 0 Å². The van der Waals surface area contributed by atoms with Crippen LogP contribution in [0.2, 0.25) is 0 Å². The van der Waals surface area contributed by atoms with Crippen molar-refractivity contribution in [1.29, 1.82) is 0 Å². The lowest BCUT2D eigenvalue weighted by Crippen LogP contribution is -2.62. The zero-order chi connectivity index (χ0) is 11.3. The fourth-order valence-electron chi connectivity index (χ4n) is 3.16. The van der Waals surface area contributed by atoms with Crippen LogP contribution < -0.4 is 5.32 Å². The predicted octanol–water partition coefficient (Wildman–Crippen LogP) is 0.972. The number of aliphatic hydroxyl groups is 1. The van der Waals surface area contributed by atoms with E-state index in [2.05, 4.69) is 24.1 Å². The van der Waals surface area contributed by atoms with Crippen LogP contribution in [0.15, 0.2) is 0 Å². The second-order valence-corrected chi connectivity index (χ2v) is 6.50. The fourth-order valence-corrected chi connectivity index (χ4v) is 3.16. The molecule has 1 saturated heterocycles. The van der Waals surface area contributed by atoms with Gasteiger partial charge in [0, 0.05) is 36.6 Å². The van der Waals surface area contributed by atoms with Gasteiger partial charge in [0.25, 0.3) is 0 Å². The Morgan fingerprint density at radius 3 is 2.56 bits per heavy atom. The van der Waals surface area contributed by atoms with Gasteiger partial charge in [-0.25, -0.2) is 0 Å². The molecule has 0 aromatic carbocycles. The Kier molecular flexibility index (Phi) is 2.54. The smallest absolute Gasteiger partial charge is 0.0621 e. The van der Waals surface area contributed by atoms with Crippen LogP contribution in [0.4, 0.5) is 0 Å². The van der Waals surface area contributed by atoms with E-state index in [4.69, 9.17) is 0 Å². The van der Waals surface area contributed by atoms with Crippen LogP contribution in [0.5, 0.6) is 0 Å². The molecule has 0 amide bonds. The van der Waals surface area contributed by atoms with Crippen LogP contribution >= 0.6 is 0 Å². The summed E-state index contributed by atoms with van der Waals surface area (Å²) in [5.74, 6) is 0. The minimum absolute atomic E-state index is 0.0764. The Hall–Kier alpha value is -0.120. The molecule has 1 aliphatic heterocycles. The van der Waals surface area contributed by atoms with Gasteiger partial charge >= 0.3 is 0 Å². The van der Waals surface area contributed by atoms with Crippen molar-refractivity contribution in [3.8, 4) is 0 Å². The number of rotatable bonds is 3. The first-order valence-corrected chi connectivity index (χ1v) is 6.75. The predicted molar refractivity (Wildman–Crippen MR) is 64.3 cm³/mol. The zero-order valence-corrected chi connectivity index (χ0v) is 10.4. The third kappa shape index (κ3) is 1.79. The molecule has 3 unspecified atom stereocenters. The quantitative estimate of drug-likeness (QED) is 0.750. The molecule has 0 radical (unpaired) electrons. The molecule has 3 aliphatic rings. The highest BCUT2D eigenvalue weighted by Crippen LogP contribution is 2.41. The maximum Gasteiger partial charge on any atom is 0.0621 e. The Labute approximate surface area is 98.2 Å². The van der Waals surface area contributed by atoms with Gasteiger partial charge in [0.1, 0.15) is 0 Å². The molecule has 3 nitrogen and oxygen atoms in total. The van der Waals surface area contributed by atoms with E-state index in [0.29, 0.717) is 12.1 Å². The second-order valence-electron chi connectivity index (χ2n) is 6.50. The van der Waals surface area contributed by atoms with Gasteiger partial charge in [-0.2, -0.15) is 0 Å². The van der Waals surface area contributed by atoms with Crippen LogP contribution in [0.3, 0.4) is 0 Å². The summed E-state index contributed by atoms with van der Waals surface area (Å²) in [6.07, 6.45) is 4.96. The molecule has 2 saturated carbocycles. The maximum atomic E-state index is 9.72. The first kappa shape index (κ1) is 11.0. The lowest BCUT2D eigenvalue weighted by molar-refractivity contribution is -0.0755. The normalized spacial score (nSPS) is 43.3. The molecule has 2 aliphatic carbocycles. The van der Waals surface area contributed by atoms with E-state index in [1.807, 2.05) is 0 Å². The Balaban J connectivity index is 1.49. The fraction of sp³-hybridized carbons (Fsp3) is 1.00. The number of nitrogens with zero attached hydrogens (tertiary/aromatic N) is 1. The van der Waals surface area contributed by atoms with E-state index >= 15 is 0 Å². The molecule has 1 heterocycles. The molecule has 0 aromatic heterocycles. The first-order valence-electron chi connectivity index (χ1n) is 6.75. The molecule has 92 valence electrons. The Morgan fingerprint density at radius 1 is 1.25 bits per heavy atom. The second kappa shape index (κ2) is 3.69. The summed E-state index contributed by atoms with van der Waals surface area (Å²) in [5.41, 5.74) is 0.0764. The van der Waals surface area contributed by atoms with E-state index in [1.54, 1.807) is 0 Å². The van der Waals surface area contributed by atoms with Gasteiger partial charge in [-0.3, -0.25) is 4.90 Å². The number of likely N-dealkylation sites (tertiary alicyclic amines) is 1. The van der Waals surface area contributed by atoms with Crippen molar-refractivity contribution in [3.05, 3.63) is 0 Å². The van der Waals surface area contributed by atoms with Crippen LogP contribution in [0.1, 0.15) is 39.5 Å². The van der Waals surface area contributed by atoms with Gasteiger partial charge in [-0.1, -0.05) is 13.8 Å². The summed E-state index contributed by atoms with van der Waals surface area (Å²) < 4.78 is 0. The average molecular weight is 224 g/mol. The molecule has 0 aromatic rings. The number of hydrogen-bond donors (Lipinski definition) is 2. The van der Waals surface area contributed by atoms with E-state index in [-0.39, 0.29) is 11.5 Å². The van der Waals surface area contributed by atoms with Crippen LogP contribution in [0, 0.1) is 5.41 Å². The molecule has 3 atom stereocenters. The molecule has 16 heavy (non-hydrogen) atoms. The van der Waals surface area contributed by atoms with Crippen molar-refractivity contribution in [2.45, 2.75) is 63.8 Å². The van der Waals surface area contributed by atoms with E-state index in [0.717, 1.165) is 12.5 Å². The van der Waals surface area contributed by atoms with E-state index in [1.165, 1.54) is 32.4 Å². The SMILES string of the molecule is CC1(C)C(O)CC1NC1CCN(C2CC2)C1. The van der Waals surface area contributed by atoms with Crippen LogP contribution in [-0.4, -0.2) is 47.3 Å². The topological polar surface area (TPSA) is 35.5 Å². The summed E-state index contributed by atoms with van der Waals surface area (Å²) >= 11 is 0. The van der Waals surface area contributed by atoms with Gasteiger partial charge in [0.15, 0.2) is 0 Å². The molecule has 3 rings (SSSR count). The number of nitrogens with one attached hydrogen (secondary N) is 1. The minimum Gasteiger partial charge on any atom is -0.392 e. The largest absolute Gasteiger partial charge is 0.392 e. The van der Waals surface area contributed by atoms with Crippen molar-refractivity contribution in [1.82, 2.24) is 10.2 Å². The Bertz CT molecular complexity index is 275. The van der Waals surface area contributed by atoms with Crippen molar-refractivity contribution >= 4 is 0 Å². The highest BCUT2D eigenvalue weighted by Gasteiger charge is 2.48. The number of aliphatic hydroxyl groups excluding tert-OH is 1. The summed E-state index contributed by atoms with van der Waals surface area (Å²) in [5, 5.41) is 13.5. The summed E-state index contributed by atoms with van der Waals surface area (Å²) in [7, 11) is 0. The van der Waals surface area contributed by atoms with Gasteiger partial charge in [-0.05, 0) is 25.7 Å². The Morgan fingerprint density at radius 2 is 2.00 bits per heavy atom. The minimum atomic E-state index is -0.106. The van der Waals surface area contributed by atoms with Crippen molar-refractivity contribution in [2.24, 2.45) is 5.41 Å². The van der Waals surface area contributed by atoms with E-state index < -0.39 is 0 Å². The lowest BCUT2D eigenvalue weighted by atomic mass is 9.64. The van der Waals surface area contributed by atoms with Gasteiger partial charge in [0.05, 0.1) is 6.10 Å². The highest BCUT2D eigenvalue weighted by atomic mass is 16.3. The average Bonchev–Trinajstić information content (AvgIpc) is 2.99. The molecule has 3 fully saturated rings. The molecule has 3 heteroatoms. The van der Waals surface area contributed by atoms with Crippen molar-refractivity contribution in [3.63, 3.8) is 0 Å². The molecule has 0 bridgehead atoms. The summed E-state index contributed by atoms with van der Waals surface area (Å²) in [4.78, 5) is 2.64. The molecular weight excluding hydrogens is 200 g/mol. The lowest BCUT2D eigenvalue weighted by Gasteiger charge is -2.50. The standard InChI is InChI=1S/C13H24N2O/c1-13(2)11(7-12(13)16)14-9-5-6-15(8-9)10-3-4-10/h9-12,14,16H,3-8H2,1-2H3. The van der Waals surface area contributed by atoms with Gasteiger partial charge < -0.3 is 10.4 Å². The molecule has 2 N–H and O–H groups in total. The van der Waals surface area contributed by atoms with Gasteiger partial charge in [0.2, 0.25) is 0 Å². The molecular formula is C13H24N2O. The third-order valence-corrected chi connectivity index (χ3v) is 4.94. The van der Waals surface area contributed by atoms with Crippen molar-refractivity contribution < 1.29 is 5.11 Å². The maximum absolute atomic E-state index is 9.72. The number of hydrogen-bond acceptors (Lipinski definition) is 3. The van der Waals surface area contributed by atoms with Crippen LogP contribution in [-0.2, 0) is 0 Å². The zero-order valence-electron chi connectivity index (χ0n) is 10.4. The van der Waals surface area contributed by atoms with Gasteiger partial charge in [-0.15, -0.1) is 0 Å². The molecule has 0 spiro atoms. The highest BCUT2D eigenvalue weighted by molar-refractivity contribution is 5.04.